The smallest absolute Gasteiger partial charge is 0.331 e. The van der Waals surface area contributed by atoms with E-state index in [-0.39, 0.29) is 6.10 Å². The quantitative estimate of drug-likeness (QED) is 0.487. The van der Waals surface area contributed by atoms with Gasteiger partial charge in [0.25, 0.3) is 0 Å². The molecular formula is C15H24O6. The van der Waals surface area contributed by atoms with Gasteiger partial charge in [-0.3, -0.25) is 0 Å². The van der Waals surface area contributed by atoms with Gasteiger partial charge in [-0.25, -0.2) is 14.4 Å². The van der Waals surface area contributed by atoms with Crippen molar-refractivity contribution in [3.63, 3.8) is 0 Å². The van der Waals surface area contributed by atoms with E-state index in [9.17, 15) is 14.4 Å². The van der Waals surface area contributed by atoms with Gasteiger partial charge >= 0.3 is 17.9 Å². The highest BCUT2D eigenvalue weighted by atomic mass is 16.5. The Morgan fingerprint density at radius 2 is 1.52 bits per heavy atom. The third kappa shape index (κ3) is 38.1. The Kier molecular flexibility index (Phi) is 17.7. The Balaban J connectivity index is -0.000000272. The van der Waals surface area contributed by atoms with Gasteiger partial charge in [-0.05, 0) is 27.7 Å². The van der Waals surface area contributed by atoms with Gasteiger partial charge in [-0.1, -0.05) is 12.2 Å². The van der Waals surface area contributed by atoms with Crippen LogP contribution in [-0.2, 0) is 23.9 Å². The molecule has 0 fully saturated rings. The fourth-order valence-electron chi connectivity index (χ4n) is 0.494. The van der Waals surface area contributed by atoms with Crippen molar-refractivity contribution < 1.29 is 29.0 Å². The third-order valence-corrected chi connectivity index (χ3v) is 1.08. The van der Waals surface area contributed by atoms with Crippen LogP contribution >= 0.6 is 0 Å². The average molecular weight is 300 g/mol. The second-order valence-electron chi connectivity index (χ2n) is 4.09. The number of carboxylic acid groups (broad SMARTS) is 1. The SMILES string of the molecule is C=C(C)C.C=CC(=O)OC.CC(C)OC(=O)/C=C\C(=O)O. The van der Waals surface area contributed by atoms with Crippen molar-refractivity contribution in [2.24, 2.45) is 0 Å². The van der Waals surface area contributed by atoms with Crippen LogP contribution in [0.15, 0.2) is 37.0 Å². The van der Waals surface area contributed by atoms with Gasteiger partial charge in [0.1, 0.15) is 0 Å². The molecule has 0 unspecified atom stereocenters. The van der Waals surface area contributed by atoms with Gasteiger partial charge in [0.15, 0.2) is 0 Å². The van der Waals surface area contributed by atoms with Gasteiger partial charge < -0.3 is 14.6 Å². The zero-order chi connectivity index (χ0) is 17.4. The number of carbonyl (C=O) groups is 3. The third-order valence-electron chi connectivity index (χ3n) is 1.08. The van der Waals surface area contributed by atoms with Crippen LogP contribution in [0.3, 0.4) is 0 Å². The number of allylic oxidation sites excluding steroid dienone is 1. The van der Waals surface area contributed by atoms with Crippen molar-refractivity contribution in [3.8, 4) is 0 Å². The fraction of sp³-hybridized carbons (Fsp3) is 0.400. The minimum absolute atomic E-state index is 0.221. The molecule has 120 valence electrons. The molecule has 6 heteroatoms. The summed E-state index contributed by atoms with van der Waals surface area (Å²) < 4.78 is 8.75. The Labute approximate surface area is 125 Å². The molecule has 0 radical (unpaired) electrons. The van der Waals surface area contributed by atoms with Gasteiger partial charge in [0, 0.05) is 18.2 Å². The van der Waals surface area contributed by atoms with Crippen LogP contribution in [0.1, 0.15) is 27.7 Å². The predicted octanol–water partition coefficient (Wildman–Crippen LogP) is 2.51. The second kappa shape index (κ2) is 15.7. The number of carbonyl (C=O) groups excluding carboxylic acids is 2. The molecule has 0 aliphatic rings. The van der Waals surface area contributed by atoms with Crippen molar-refractivity contribution in [2.45, 2.75) is 33.8 Å². The summed E-state index contributed by atoms with van der Waals surface area (Å²) in [6, 6.07) is 0. The highest BCUT2D eigenvalue weighted by molar-refractivity contribution is 5.90. The number of esters is 2. The van der Waals surface area contributed by atoms with Crippen LogP contribution in [0.5, 0.6) is 0 Å². The molecule has 0 saturated heterocycles. The molecule has 0 aromatic heterocycles. The molecule has 6 nitrogen and oxygen atoms in total. The molecule has 1 N–H and O–H groups in total. The molecule has 0 aromatic rings. The van der Waals surface area contributed by atoms with E-state index < -0.39 is 17.9 Å². The first-order chi connectivity index (χ1) is 9.56. The molecule has 0 aliphatic heterocycles. The molecule has 0 rings (SSSR count). The van der Waals surface area contributed by atoms with E-state index in [2.05, 4.69) is 22.6 Å². The molecule has 0 atom stereocenters. The summed E-state index contributed by atoms with van der Waals surface area (Å²) in [6.45, 7) is 14.0. The summed E-state index contributed by atoms with van der Waals surface area (Å²) >= 11 is 0. The van der Waals surface area contributed by atoms with Crippen LogP contribution in [0, 0.1) is 0 Å². The van der Waals surface area contributed by atoms with Crippen molar-refractivity contribution >= 4 is 17.9 Å². The Morgan fingerprint density at radius 1 is 1.10 bits per heavy atom. The van der Waals surface area contributed by atoms with Crippen LogP contribution < -0.4 is 0 Å². The summed E-state index contributed by atoms with van der Waals surface area (Å²) in [5.41, 5.74) is 1.17. The molecule has 0 aromatic carbocycles. The Bertz CT molecular complexity index is 376. The Hall–Kier alpha value is -2.37. The van der Waals surface area contributed by atoms with E-state index in [4.69, 9.17) is 5.11 Å². The lowest BCUT2D eigenvalue weighted by Gasteiger charge is -2.02. The van der Waals surface area contributed by atoms with Gasteiger partial charge in [-0.2, -0.15) is 0 Å². The number of methoxy groups -OCH3 is 1. The molecule has 0 aliphatic carbocycles. The van der Waals surface area contributed by atoms with Crippen LogP contribution in [-0.4, -0.2) is 36.2 Å². The zero-order valence-electron chi connectivity index (χ0n) is 13.2. The molecular weight excluding hydrogens is 276 g/mol. The molecule has 0 saturated carbocycles. The molecule has 0 bridgehead atoms. The highest BCUT2D eigenvalue weighted by Gasteiger charge is 2.00. The van der Waals surface area contributed by atoms with Crippen LogP contribution in [0.25, 0.3) is 0 Å². The van der Waals surface area contributed by atoms with Gasteiger partial charge in [0.2, 0.25) is 0 Å². The monoisotopic (exact) mass is 300 g/mol. The van der Waals surface area contributed by atoms with E-state index in [0.717, 1.165) is 18.2 Å². The standard InChI is InChI=1S/C7H10O4.C4H6O2.C4H8/c1-5(2)11-7(10)4-3-6(8)9;1-3-4(5)6-2;1-4(2)3/h3-5H,1-2H3,(H,8,9);3H,1H2,2H3;1H2,2-3H3/b4-3-;;. The number of hydrogen-bond donors (Lipinski definition) is 1. The lowest BCUT2D eigenvalue weighted by molar-refractivity contribution is -0.142. The normalized spacial score (nSPS) is 8.67. The number of carboxylic acids is 1. The van der Waals surface area contributed by atoms with Gasteiger partial charge in [-0.15, -0.1) is 6.58 Å². The van der Waals surface area contributed by atoms with Crippen LogP contribution in [0.2, 0.25) is 0 Å². The van der Waals surface area contributed by atoms with E-state index in [0.29, 0.717) is 0 Å². The number of ether oxygens (including phenoxy) is 2. The number of hydrogen-bond acceptors (Lipinski definition) is 5. The van der Waals surface area contributed by atoms with E-state index >= 15 is 0 Å². The first kappa shape index (κ1) is 23.7. The van der Waals surface area contributed by atoms with Crippen molar-refractivity contribution in [1.29, 1.82) is 0 Å². The molecule has 21 heavy (non-hydrogen) atoms. The Morgan fingerprint density at radius 3 is 1.71 bits per heavy atom. The maximum atomic E-state index is 10.6. The van der Waals surface area contributed by atoms with Gasteiger partial charge in [0.05, 0.1) is 13.2 Å². The van der Waals surface area contributed by atoms with E-state index in [1.807, 2.05) is 13.8 Å². The topological polar surface area (TPSA) is 89.9 Å². The summed E-state index contributed by atoms with van der Waals surface area (Å²) in [5.74, 6) is -2.19. The maximum Gasteiger partial charge on any atom is 0.331 e. The minimum atomic E-state index is -1.16. The average Bonchev–Trinajstić information content (AvgIpc) is 2.34. The lowest BCUT2D eigenvalue weighted by Crippen LogP contribution is -2.08. The summed E-state index contributed by atoms with van der Waals surface area (Å²) in [6.07, 6.45) is 2.51. The first-order valence-corrected chi connectivity index (χ1v) is 6.00. The van der Waals surface area contributed by atoms with Crippen molar-refractivity contribution in [1.82, 2.24) is 0 Å². The maximum absolute atomic E-state index is 10.6. The zero-order valence-corrected chi connectivity index (χ0v) is 13.2. The van der Waals surface area contributed by atoms with Crippen molar-refractivity contribution in [2.75, 3.05) is 7.11 Å². The highest BCUT2D eigenvalue weighted by Crippen LogP contribution is 1.89. The molecule has 0 heterocycles. The van der Waals surface area contributed by atoms with Crippen molar-refractivity contribution in [3.05, 3.63) is 37.0 Å². The fourth-order valence-corrected chi connectivity index (χ4v) is 0.494. The molecule has 0 spiro atoms. The largest absolute Gasteiger partial charge is 0.478 e. The van der Waals surface area contributed by atoms with E-state index in [1.54, 1.807) is 13.8 Å². The summed E-state index contributed by atoms with van der Waals surface area (Å²) in [5, 5.41) is 8.10. The first-order valence-electron chi connectivity index (χ1n) is 6.00. The summed E-state index contributed by atoms with van der Waals surface area (Å²) in [4.78, 5) is 30.3. The lowest BCUT2D eigenvalue weighted by atomic mass is 10.4. The van der Waals surface area contributed by atoms with Crippen LogP contribution in [0.4, 0.5) is 0 Å². The predicted molar refractivity (Wildman–Crippen MR) is 80.7 cm³/mol. The summed E-state index contributed by atoms with van der Waals surface area (Å²) in [7, 11) is 1.31. The molecule has 0 amide bonds. The number of rotatable bonds is 4. The van der Waals surface area contributed by atoms with E-state index in [1.165, 1.54) is 12.7 Å². The minimum Gasteiger partial charge on any atom is -0.478 e. The second-order valence-corrected chi connectivity index (χ2v) is 4.09. The number of aliphatic carboxylic acids is 1.